The summed E-state index contributed by atoms with van der Waals surface area (Å²) in [5.41, 5.74) is 1.72. The van der Waals surface area contributed by atoms with Crippen molar-refractivity contribution in [2.75, 3.05) is 5.32 Å². The number of hydrogen-bond acceptors (Lipinski definition) is 2. The minimum Gasteiger partial charge on any atom is -0.339 e. The van der Waals surface area contributed by atoms with Gasteiger partial charge in [0.1, 0.15) is 11.6 Å². The molecule has 4 heteroatoms. The minimum absolute atomic E-state index is 0.336. The Labute approximate surface area is 98.1 Å². The number of nitrogens with one attached hydrogen (secondary N) is 1. The van der Waals surface area contributed by atoms with Crippen molar-refractivity contribution in [3.8, 4) is 0 Å². The van der Waals surface area contributed by atoms with Crippen molar-refractivity contribution in [2.45, 2.75) is 6.92 Å². The predicted octanol–water partition coefficient (Wildman–Crippen LogP) is 3.93. The molecule has 0 aliphatic rings. The van der Waals surface area contributed by atoms with E-state index < -0.39 is 0 Å². The van der Waals surface area contributed by atoms with Gasteiger partial charge >= 0.3 is 0 Å². The lowest BCUT2D eigenvalue weighted by Gasteiger charge is -2.07. The Morgan fingerprint density at radius 1 is 1.25 bits per heavy atom. The maximum absolute atomic E-state index is 12.8. The largest absolute Gasteiger partial charge is 0.339 e. The molecule has 0 amide bonds. The van der Waals surface area contributed by atoms with Crippen LogP contribution in [0.3, 0.4) is 0 Å². The first-order valence-corrected chi connectivity index (χ1v) is 5.18. The van der Waals surface area contributed by atoms with E-state index in [2.05, 4.69) is 10.3 Å². The second-order valence-corrected chi connectivity index (χ2v) is 3.88. The summed E-state index contributed by atoms with van der Waals surface area (Å²) in [6.07, 6.45) is 1.75. The van der Waals surface area contributed by atoms with Gasteiger partial charge in [0.15, 0.2) is 0 Å². The lowest BCUT2D eigenvalue weighted by molar-refractivity contribution is 0.628. The van der Waals surface area contributed by atoms with Gasteiger partial charge in [-0.1, -0.05) is 17.7 Å². The molecule has 2 rings (SSSR count). The fraction of sp³-hybridized carbons (Fsp3) is 0.0833. The molecule has 0 aliphatic heterocycles. The lowest BCUT2D eigenvalue weighted by atomic mass is 10.3. The topological polar surface area (TPSA) is 24.9 Å². The Kier molecular flexibility index (Phi) is 3.06. The van der Waals surface area contributed by atoms with Crippen LogP contribution in [0.25, 0.3) is 0 Å². The third-order valence-electron chi connectivity index (χ3n) is 2.11. The average molecular weight is 237 g/mol. The third kappa shape index (κ3) is 2.49. The molecule has 2 aromatic rings. The van der Waals surface area contributed by atoms with Crippen molar-refractivity contribution in [2.24, 2.45) is 0 Å². The van der Waals surface area contributed by atoms with Gasteiger partial charge in [0.25, 0.3) is 0 Å². The zero-order valence-electron chi connectivity index (χ0n) is 8.67. The molecular formula is C12H10ClFN2. The summed E-state index contributed by atoms with van der Waals surface area (Å²) in [6, 6.07) is 7.97. The molecule has 82 valence electrons. The van der Waals surface area contributed by atoms with Gasteiger partial charge in [-0.05, 0) is 36.8 Å². The zero-order valence-corrected chi connectivity index (χ0v) is 9.42. The molecule has 16 heavy (non-hydrogen) atoms. The van der Waals surface area contributed by atoms with Gasteiger partial charge in [0.05, 0.1) is 10.7 Å². The van der Waals surface area contributed by atoms with Crippen molar-refractivity contribution in [3.63, 3.8) is 0 Å². The number of benzene rings is 1. The first-order chi connectivity index (χ1) is 7.65. The number of hydrogen-bond donors (Lipinski definition) is 1. The average Bonchev–Trinajstić information content (AvgIpc) is 2.25. The number of pyridine rings is 1. The Hall–Kier alpha value is -1.61. The lowest BCUT2D eigenvalue weighted by Crippen LogP contribution is -1.94. The molecule has 0 atom stereocenters. The monoisotopic (exact) mass is 236 g/mol. The molecule has 1 N–H and O–H groups in total. The van der Waals surface area contributed by atoms with Crippen molar-refractivity contribution in [3.05, 3.63) is 52.9 Å². The van der Waals surface area contributed by atoms with Crippen LogP contribution in [0, 0.1) is 12.7 Å². The molecule has 0 saturated carbocycles. The highest BCUT2D eigenvalue weighted by atomic mass is 35.5. The van der Waals surface area contributed by atoms with Gasteiger partial charge in [-0.15, -0.1) is 0 Å². The van der Waals surface area contributed by atoms with Crippen LogP contribution in [0.2, 0.25) is 5.02 Å². The number of aryl methyl sites for hydroxylation is 1. The normalized spacial score (nSPS) is 10.2. The van der Waals surface area contributed by atoms with Gasteiger partial charge in [0.2, 0.25) is 0 Å². The summed E-state index contributed by atoms with van der Waals surface area (Å²) in [5, 5.41) is 3.35. The molecule has 0 saturated heterocycles. The van der Waals surface area contributed by atoms with Gasteiger partial charge in [-0.3, -0.25) is 0 Å². The first kappa shape index (κ1) is 10.9. The maximum Gasteiger partial charge on any atom is 0.130 e. The van der Waals surface area contributed by atoms with E-state index in [1.54, 1.807) is 12.3 Å². The predicted molar refractivity (Wildman–Crippen MR) is 63.7 cm³/mol. The van der Waals surface area contributed by atoms with E-state index in [4.69, 9.17) is 11.6 Å². The van der Waals surface area contributed by atoms with Crippen molar-refractivity contribution >= 4 is 23.1 Å². The van der Waals surface area contributed by atoms with E-state index in [9.17, 15) is 4.39 Å². The molecule has 1 heterocycles. The first-order valence-electron chi connectivity index (χ1n) is 4.80. The molecule has 0 spiro atoms. The van der Waals surface area contributed by atoms with E-state index in [0.717, 1.165) is 5.56 Å². The van der Waals surface area contributed by atoms with Crippen LogP contribution in [0.1, 0.15) is 5.56 Å². The van der Waals surface area contributed by atoms with Gasteiger partial charge in [-0.2, -0.15) is 0 Å². The summed E-state index contributed by atoms with van der Waals surface area (Å²) in [7, 11) is 0. The second-order valence-electron chi connectivity index (χ2n) is 3.47. The number of anilines is 2. The van der Waals surface area contributed by atoms with E-state index in [1.165, 1.54) is 12.1 Å². The molecular weight excluding hydrogens is 227 g/mol. The number of nitrogens with zero attached hydrogens (tertiary/aromatic N) is 1. The summed E-state index contributed by atoms with van der Waals surface area (Å²) < 4.78 is 12.8. The fourth-order valence-corrected chi connectivity index (χ4v) is 1.49. The van der Waals surface area contributed by atoms with Crippen LogP contribution in [-0.4, -0.2) is 4.98 Å². The highest BCUT2D eigenvalue weighted by Gasteiger charge is 2.02. The Balaban J connectivity index is 2.23. The minimum atomic E-state index is -0.354. The van der Waals surface area contributed by atoms with E-state index in [-0.39, 0.29) is 5.82 Å². The van der Waals surface area contributed by atoms with Crippen LogP contribution in [0.4, 0.5) is 15.9 Å². The molecule has 1 aromatic carbocycles. The van der Waals surface area contributed by atoms with Crippen molar-refractivity contribution in [1.82, 2.24) is 4.98 Å². The maximum atomic E-state index is 12.8. The van der Waals surface area contributed by atoms with E-state index >= 15 is 0 Å². The summed E-state index contributed by atoms with van der Waals surface area (Å²) in [4.78, 5) is 4.17. The number of halogens is 2. The van der Waals surface area contributed by atoms with Gasteiger partial charge < -0.3 is 5.32 Å². The Bertz CT molecular complexity index is 497. The highest BCUT2D eigenvalue weighted by molar-refractivity contribution is 6.33. The van der Waals surface area contributed by atoms with E-state index in [1.807, 2.05) is 19.1 Å². The Morgan fingerprint density at radius 3 is 2.69 bits per heavy atom. The molecule has 2 nitrogen and oxygen atoms in total. The van der Waals surface area contributed by atoms with Crippen LogP contribution in [-0.2, 0) is 0 Å². The SMILES string of the molecule is Cc1ccc(Nc2ccc(F)cc2Cl)nc1. The van der Waals surface area contributed by atoms with Crippen LogP contribution >= 0.6 is 11.6 Å². The quantitative estimate of drug-likeness (QED) is 0.855. The van der Waals surface area contributed by atoms with Crippen molar-refractivity contribution in [1.29, 1.82) is 0 Å². The standard InChI is InChI=1S/C12H10ClFN2/c1-8-2-5-12(15-7-8)16-11-4-3-9(14)6-10(11)13/h2-7H,1H3,(H,15,16). The second kappa shape index (κ2) is 4.49. The number of rotatable bonds is 2. The van der Waals surface area contributed by atoms with Crippen molar-refractivity contribution < 1.29 is 4.39 Å². The van der Waals surface area contributed by atoms with Gasteiger partial charge in [-0.25, -0.2) is 9.37 Å². The van der Waals surface area contributed by atoms with E-state index in [0.29, 0.717) is 16.5 Å². The molecule has 0 fully saturated rings. The summed E-state index contributed by atoms with van der Waals surface area (Å²) in [5.74, 6) is 0.325. The summed E-state index contributed by atoms with van der Waals surface area (Å²) >= 11 is 5.88. The molecule has 1 aromatic heterocycles. The number of aromatic nitrogens is 1. The Morgan fingerprint density at radius 2 is 2.06 bits per heavy atom. The third-order valence-corrected chi connectivity index (χ3v) is 2.42. The molecule has 0 bridgehead atoms. The smallest absolute Gasteiger partial charge is 0.130 e. The highest BCUT2D eigenvalue weighted by Crippen LogP contribution is 2.25. The molecule has 0 radical (unpaired) electrons. The van der Waals surface area contributed by atoms with Crippen LogP contribution in [0.15, 0.2) is 36.5 Å². The van der Waals surface area contributed by atoms with Gasteiger partial charge in [0, 0.05) is 6.20 Å². The molecule has 0 aliphatic carbocycles. The molecule has 0 unspecified atom stereocenters. The van der Waals surface area contributed by atoms with Crippen LogP contribution < -0.4 is 5.32 Å². The fourth-order valence-electron chi connectivity index (χ4n) is 1.27. The zero-order chi connectivity index (χ0) is 11.5. The summed E-state index contributed by atoms with van der Waals surface area (Å²) in [6.45, 7) is 1.96. The van der Waals surface area contributed by atoms with Crippen LogP contribution in [0.5, 0.6) is 0 Å².